The van der Waals surface area contributed by atoms with E-state index in [4.69, 9.17) is 11.6 Å². The fourth-order valence-electron chi connectivity index (χ4n) is 3.98. The summed E-state index contributed by atoms with van der Waals surface area (Å²) in [5, 5.41) is 61.8. The van der Waals surface area contributed by atoms with Crippen molar-refractivity contribution in [2.24, 2.45) is 0 Å². The van der Waals surface area contributed by atoms with Crippen LogP contribution in [0.2, 0.25) is 5.02 Å². The highest BCUT2D eigenvalue weighted by atomic mass is 35.5. The molecule has 0 radical (unpaired) electrons. The first-order chi connectivity index (χ1) is 13.7. The molecule has 1 fully saturated rings. The maximum absolute atomic E-state index is 10.6. The van der Waals surface area contributed by atoms with Gasteiger partial charge in [0.1, 0.15) is 17.8 Å². The van der Waals surface area contributed by atoms with E-state index in [2.05, 4.69) is 6.92 Å². The third-order valence-electron chi connectivity index (χ3n) is 5.94. The normalized spacial score (nSPS) is 32.3. The average molecular weight is 423 g/mol. The average Bonchev–Trinajstić information content (AvgIpc) is 2.73. The van der Waals surface area contributed by atoms with E-state index in [0.717, 1.165) is 17.5 Å². The maximum atomic E-state index is 10.6. The Hall–Kier alpha value is -1.51. The van der Waals surface area contributed by atoms with Crippen LogP contribution in [0.5, 0.6) is 0 Å². The van der Waals surface area contributed by atoms with Crippen molar-refractivity contribution < 1.29 is 30.6 Å². The van der Waals surface area contributed by atoms with E-state index >= 15 is 0 Å². The van der Waals surface area contributed by atoms with Crippen LogP contribution in [0.25, 0.3) is 0 Å². The molecule has 0 bridgehead atoms. The molecule has 3 rings (SSSR count). The molecule has 0 saturated heterocycles. The first-order valence-corrected chi connectivity index (χ1v) is 10.0. The van der Waals surface area contributed by atoms with Crippen molar-refractivity contribution in [3.05, 3.63) is 69.7 Å². The summed E-state index contributed by atoms with van der Waals surface area (Å²) in [7, 11) is 0. The number of aryl methyl sites for hydroxylation is 1. The van der Waals surface area contributed by atoms with Gasteiger partial charge in [0.15, 0.2) is 0 Å². The van der Waals surface area contributed by atoms with Gasteiger partial charge in [-0.05, 0) is 41.2 Å². The van der Waals surface area contributed by atoms with E-state index < -0.39 is 42.5 Å². The van der Waals surface area contributed by atoms with Crippen molar-refractivity contribution in [2.75, 3.05) is 6.61 Å². The van der Waals surface area contributed by atoms with Gasteiger partial charge in [-0.2, -0.15) is 0 Å². The van der Waals surface area contributed by atoms with Crippen molar-refractivity contribution in [1.82, 2.24) is 0 Å². The molecule has 1 aliphatic rings. The molecule has 2 aromatic rings. The van der Waals surface area contributed by atoms with Gasteiger partial charge >= 0.3 is 0 Å². The first-order valence-electron chi connectivity index (χ1n) is 9.64. The Labute approximate surface area is 174 Å². The standard InChI is InChI=1S/C22H27ClO6/c1-2-12-3-5-13(6-4-12)9-15-10-14(7-8-16(15)23)17-18(25)19(26)21(28)22(29,11-24)20(17)27/h3-8,10,17-21,24-29H,2,9,11H2,1H3. The van der Waals surface area contributed by atoms with Crippen molar-refractivity contribution in [2.45, 2.75) is 55.7 Å². The third kappa shape index (κ3) is 4.07. The molecule has 0 heterocycles. The van der Waals surface area contributed by atoms with Crippen molar-refractivity contribution in [3.63, 3.8) is 0 Å². The minimum atomic E-state index is -2.36. The molecule has 29 heavy (non-hydrogen) atoms. The first kappa shape index (κ1) is 22.2. The molecule has 6 unspecified atom stereocenters. The van der Waals surface area contributed by atoms with Crippen LogP contribution in [0.1, 0.15) is 35.1 Å². The zero-order valence-electron chi connectivity index (χ0n) is 16.1. The lowest BCUT2D eigenvalue weighted by Crippen LogP contribution is -2.69. The Morgan fingerprint density at radius 1 is 0.897 bits per heavy atom. The van der Waals surface area contributed by atoms with Crippen molar-refractivity contribution in [3.8, 4) is 0 Å². The van der Waals surface area contributed by atoms with E-state index in [1.807, 2.05) is 24.3 Å². The fraction of sp³-hybridized carbons (Fsp3) is 0.455. The van der Waals surface area contributed by atoms with Gasteiger partial charge in [0.05, 0.1) is 18.8 Å². The van der Waals surface area contributed by atoms with Crippen molar-refractivity contribution >= 4 is 11.6 Å². The summed E-state index contributed by atoms with van der Waals surface area (Å²) < 4.78 is 0. The minimum Gasteiger partial charge on any atom is -0.393 e. The van der Waals surface area contributed by atoms with Gasteiger partial charge < -0.3 is 30.6 Å². The molecule has 0 aromatic heterocycles. The molecule has 6 nitrogen and oxygen atoms in total. The second kappa shape index (κ2) is 8.70. The second-order valence-electron chi connectivity index (χ2n) is 7.74. The summed E-state index contributed by atoms with van der Waals surface area (Å²) in [5.41, 5.74) is 1.08. The van der Waals surface area contributed by atoms with Crippen LogP contribution in [0.3, 0.4) is 0 Å². The summed E-state index contributed by atoms with van der Waals surface area (Å²) in [6.07, 6.45) is -5.40. The van der Waals surface area contributed by atoms with E-state index in [0.29, 0.717) is 17.0 Å². The predicted octanol–water partition coefficient (Wildman–Crippen LogP) is 0.757. The lowest BCUT2D eigenvalue weighted by Gasteiger charge is -2.48. The molecule has 1 saturated carbocycles. The Bertz CT molecular complexity index is 842. The van der Waals surface area contributed by atoms with Gasteiger partial charge in [-0.25, -0.2) is 0 Å². The molecule has 158 valence electrons. The van der Waals surface area contributed by atoms with Gasteiger partial charge in [0.25, 0.3) is 0 Å². The van der Waals surface area contributed by atoms with Crippen molar-refractivity contribution in [1.29, 1.82) is 0 Å². The summed E-state index contributed by atoms with van der Waals surface area (Å²) in [6.45, 7) is 1.11. The topological polar surface area (TPSA) is 121 Å². The SMILES string of the molecule is CCc1ccc(Cc2cc(C3C(O)C(O)C(O)C(O)(CO)C3O)ccc2Cl)cc1. The molecule has 7 heteroatoms. The summed E-state index contributed by atoms with van der Waals surface area (Å²) >= 11 is 6.35. The van der Waals surface area contributed by atoms with Crippen LogP contribution in [0, 0.1) is 0 Å². The van der Waals surface area contributed by atoms with Crippen LogP contribution in [0.4, 0.5) is 0 Å². The summed E-state index contributed by atoms with van der Waals surface area (Å²) in [4.78, 5) is 0. The van der Waals surface area contributed by atoms with Crippen LogP contribution in [-0.4, -0.2) is 67.3 Å². The van der Waals surface area contributed by atoms with Gasteiger partial charge in [0.2, 0.25) is 0 Å². The molecule has 6 atom stereocenters. The molecular formula is C22H27ClO6. The lowest BCUT2D eigenvalue weighted by atomic mass is 9.68. The van der Waals surface area contributed by atoms with E-state index in [1.54, 1.807) is 18.2 Å². The van der Waals surface area contributed by atoms with Crippen LogP contribution in [-0.2, 0) is 12.8 Å². The minimum absolute atomic E-state index is 0.437. The monoisotopic (exact) mass is 422 g/mol. The molecule has 0 amide bonds. The molecule has 6 N–H and O–H groups in total. The predicted molar refractivity (Wildman–Crippen MR) is 109 cm³/mol. The van der Waals surface area contributed by atoms with Crippen LogP contribution < -0.4 is 0 Å². The van der Waals surface area contributed by atoms with E-state index in [-0.39, 0.29) is 0 Å². The Kier molecular flexibility index (Phi) is 6.65. The quantitative estimate of drug-likeness (QED) is 0.423. The summed E-state index contributed by atoms with van der Waals surface area (Å²) in [5.74, 6) is -1.12. The zero-order valence-corrected chi connectivity index (χ0v) is 16.9. The smallest absolute Gasteiger partial charge is 0.142 e. The third-order valence-corrected chi connectivity index (χ3v) is 6.31. The summed E-state index contributed by atoms with van der Waals surface area (Å²) in [6, 6.07) is 13.0. The van der Waals surface area contributed by atoms with Crippen LogP contribution in [0.15, 0.2) is 42.5 Å². The zero-order chi connectivity index (χ0) is 21.3. The number of rotatable bonds is 5. The highest BCUT2D eigenvalue weighted by Crippen LogP contribution is 2.40. The number of aliphatic hydroxyl groups is 6. The molecule has 2 aromatic carbocycles. The maximum Gasteiger partial charge on any atom is 0.142 e. The number of hydrogen-bond donors (Lipinski definition) is 6. The molecule has 1 aliphatic carbocycles. The van der Waals surface area contributed by atoms with E-state index in [9.17, 15) is 30.6 Å². The number of benzene rings is 2. The Balaban J connectivity index is 1.94. The highest BCUT2D eigenvalue weighted by molar-refractivity contribution is 6.31. The second-order valence-corrected chi connectivity index (χ2v) is 8.15. The number of halogens is 1. The molecule has 0 aliphatic heterocycles. The largest absolute Gasteiger partial charge is 0.393 e. The number of aliphatic hydroxyl groups excluding tert-OH is 5. The Morgan fingerprint density at radius 3 is 2.10 bits per heavy atom. The van der Waals surface area contributed by atoms with Gasteiger partial charge in [0, 0.05) is 10.9 Å². The van der Waals surface area contributed by atoms with Crippen LogP contribution >= 0.6 is 11.6 Å². The highest BCUT2D eigenvalue weighted by Gasteiger charge is 2.57. The fourth-order valence-corrected chi connectivity index (χ4v) is 4.17. The molecule has 0 spiro atoms. The lowest BCUT2D eigenvalue weighted by molar-refractivity contribution is -0.250. The van der Waals surface area contributed by atoms with E-state index in [1.165, 1.54) is 5.56 Å². The van der Waals surface area contributed by atoms with Gasteiger partial charge in [-0.3, -0.25) is 0 Å². The molecular weight excluding hydrogens is 396 g/mol. The Morgan fingerprint density at radius 2 is 1.52 bits per heavy atom. The van der Waals surface area contributed by atoms with Gasteiger partial charge in [-0.1, -0.05) is 54.9 Å². The number of hydrogen-bond acceptors (Lipinski definition) is 6. The van der Waals surface area contributed by atoms with Gasteiger partial charge in [-0.15, -0.1) is 0 Å².